The SMILES string of the molecule is c1ccc(CN(Cc2ccccc2)c2nc3ccccc3c3c2nc2n3CCCC2)cc1. The first-order chi connectivity index (χ1) is 15.9. The smallest absolute Gasteiger partial charge is 0.158 e. The Kier molecular flexibility index (Phi) is 4.83. The molecule has 0 amide bonds. The summed E-state index contributed by atoms with van der Waals surface area (Å²) in [5.74, 6) is 2.18. The minimum atomic E-state index is 0.790. The van der Waals surface area contributed by atoms with Gasteiger partial charge in [-0.2, -0.15) is 0 Å². The van der Waals surface area contributed by atoms with Crippen molar-refractivity contribution in [3.8, 4) is 0 Å². The van der Waals surface area contributed by atoms with E-state index in [0.29, 0.717) is 0 Å². The van der Waals surface area contributed by atoms with Gasteiger partial charge < -0.3 is 9.47 Å². The summed E-state index contributed by atoms with van der Waals surface area (Å²) >= 11 is 0. The molecule has 0 atom stereocenters. The maximum Gasteiger partial charge on any atom is 0.158 e. The van der Waals surface area contributed by atoms with E-state index in [9.17, 15) is 0 Å². The maximum absolute atomic E-state index is 5.19. The van der Waals surface area contributed by atoms with Gasteiger partial charge in [-0.25, -0.2) is 9.97 Å². The van der Waals surface area contributed by atoms with Crippen LogP contribution in [0.2, 0.25) is 0 Å². The summed E-state index contributed by atoms with van der Waals surface area (Å²) in [5, 5.41) is 1.20. The third-order valence-corrected chi connectivity index (χ3v) is 6.41. The number of nitrogens with zero attached hydrogens (tertiary/aromatic N) is 4. The Balaban J connectivity index is 1.57. The summed E-state index contributed by atoms with van der Waals surface area (Å²) in [5.41, 5.74) is 5.86. The van der Waals surface area contributed by atoms with E-state index in [-0.39, 0.29) is 0 Å². The molecule has 0 unspecified atom stereocenters. The zero-order valence-electron chi connectivity index (χ0n) is 18.1. The number of para-hydroxylation sites is 1. The summed E-state index contributed by atoms with van der Waals surface area (Å²) < 4.78 is 2.44. The average Bonchev–Trinajstić information content (AvgIpc) is 3.24. The summed E-state index contributed by atoms with van der Waals surface area (Å²) in [6.07, 6.45) is 3.46. The second kappa shape index (κ2) is 8.12. The van der Waals surface area contributed by atoms with Crippen molar-refractivity contribution in [2.45, 2.75) is 38.9 Å². The largest absolute Gasteiger partial charge is 0.346 e. The van der Waals surface area contributed by atoms with Gasteiger partial charge in [-0.3, -0.25) is 0 Å². The van der Waals surface area contributed by atoms with E-state index >= 15 is 0 Å². The number of fused-ring (bicyclic) bond motifs is 5. The molecule has 32 heavy (non-hydrogen) atoms. The van der Waals surface area contributed by atoms with Crippen LogP contribution in [0, 0.1) is 0 Å². The Hall–Kier alpha value is -3.66. The van der Waals surface area contributed by atoms with Crippen LogP contribution < -0.4 is 4.90 Å². The van der Waals surface area contributed by atoms with Crippen molar-refractivity contribution in [2.75, 3.05) is 4.90 Å². The monoisotopic (exact) mass is 418 g/mol. The van der Waals surface area contributed by atoms with Crippen LogP contribution in [0.25, 0.3) is 21.9 Å². The molecule has 6 rings (SSSR count). The van der Waals surface area contributed by atoms with Crippen molar-refractivity contribution < 1.29 is 0 Å². The highest BCUT2D eigenvalue weighted by Crippen LogP contribution is 2.35. The number of hydrogen-bond acceptors (Lipinski definition) is 3. The number of rotatable bonds is 5. The first kappa shape index (κ1) is 19.1. The first-order valence-corrected chi connectivity index (χ1v) is 11.5. The first-order valence-electron chi connectivity index (χ1n) is 11.5. The second-order valence-corrected chi connectivity index (χ2v) is 8.61. The fourth-order valence-corrected chi connectivity index (χ4v) is 4.89. The van der Waals surface area contributed by atoms with Crippen molar-refractivity contribution in [1.29, 1.82) is 0 Å². The van der Waals surface area contributed by atoms with Crippen molar-refractivity contribution in [3.05, 3.63) is 102 Å². The molecule has 4 heteroatoms. The Morgan fingerprint density at radius 1 is 0.719 bits per heavy atom. The molecule has 0 aliphatic carbocycles. The molecular weight excluding hydrogens is 392 g/mol. The van der Waals surface area contributed by atoms with Gasteiger partial charge in [0.25, 0.3) is 0 Å². The number of aromatic nitrogens is 3. The number of benzene rings is 3. The topological polar surface area (TPSA) is 34.0 Å². The number of pyridine rings is 1. The standard InChI is InChI=1S/C28H26N4/c1-3-11-21(12-4-1)19-31(20-22-13-5-2-6-14-22)28-26-27(23-15-7-8-16-24(23)29-28)32-18-10-9-17-25(32)30-26/h1-8,11-16H,9-10,17-20H2. The molecule has 0 saturated carbocycles. The predicted molar refractivity (Wildman–Crippen MR) is 131 cm³/mol. The minimum Gasteiger partial charge on any atom is -0.346 e. The van der Waals surface area contributed by atoms with Crippen molar-refractivity contribution in [2.24, 2.45) is 0 Å². The third-order valence-electron chi connectivity index (χ3n) is 6.41. The Morgan fingerprint density at radius 3 is 2.09 bits per heavy atom. The Morgan fingerprint density at radius 2 is 1.38 bits per heavy atom. The summed E-state index contributed by atoms with van der Waals surface area (Å²) in [7, 11) is 0. The molecule has 3 aromatic carbocycles. The zero-order valence-corrected chi connectivity index (χ0v) is 18.1. The van der Waals surface area contributed by atoms with E-state index in [1.807, 2.05) is 0 Å². The predicted octanol–water partition coefficient (Wildman–Crippen LogP) is 6.13. The average molecular weight is 419 g/mol. The van der Waals surface area contributed by atoms with Gasteiger partial charge in [0.1, 0.15) is 11.3 Å². The molecule has 0 saturated heterocycles. The molecular formula is C28H26N4. The van der Waals surface area contributed by atoms with Gasteiger partial charge in [-0.1, -0.05) is 78.9 Å². The van der Waals surface area contributed by atoms with Gasteiger partial charge in [0.15, 0.2) is 5.82 Å². The quantitative estimate of drug-likeness (QED) is 0.344. The highest BCUT2D eigenvalue weighted by Gasteiger charge is 2.23. The summed E-state index contributed by atoms with van der Waals surface area (Å²) in [4.78, 5) is 12.7. The molecule has 0 fully saturated rings. The second-order valence-electron chi connectivity index (χ2n) is 8.61. The molecule has 4 nitrogen and oxygen atoms in total. The van der Waals surface area contributed by atoms with Crippen molar-refractivity contribution in [1.82, 2.24) is 14.5 Å². The Bertz CT molecular complexity index is 1330. The lowest BCUT2D eigenvalue weighted by atomic mass is 10.1. The summed E-state index contributed by atoms with van der Waals surface area (Å²) in [6.45, 7) is 2.62. The van der Waals surface area contributed by atoms with Crippen LogP contribution in [0.1, 0.15) is 29.8 Å². The van der Waals surface area contributed by atoms with Crippen molar-refractivity contribution >= 4 is 27.8 Å². The van der Waals surface area contributed by atoms with Crippen LogP contribution in [-0.4, -0.2) is 14.5 Å². The maximum atomic E-state index is 5.19. The number of imidazole rings is 1. The molecule has 1 aliphatic rings. The molecule has 1 aliphatic heterocycles. The third kappa shape index (κ3) is 3.42. The van der Waals surface area contributed by atoms with Crippen LogP contribution in [-0.2, 0) is 26.1 Å². The van der Waals surface area contributed by atoms with Crippen LogP contribution in [0.3, 0.4) is 0 Å². The lowest BCUT2D eigenvalue weighted by molar-refractivity contribution is 0.533. The van der Waals surface area contributed by atoms with Crippen LogP contribution in [0.15, 0.2) is 84.9 Å². The van der Waals surface area contributed by atoms with Crippen LogP contribution >= 0.6 is 0 Å². The van der Waals surface area contributed by atoms with Gasteiger partial charge in [0.2, 0.25) is 0 Å². The normalized spacial score (nSPS) is 13.4. The molecule has 0 spiro atoms. The van der Waals surface area contributed by atoms with E-state index in [4.69, 9.17) is 9.97 Å². The van der Waals surface area contributed by atoms with Gasteiger partial charge in [0, 0.05) is 31.4 Å². The molecule has 158 valence electrons. The zero-order chi connectivity index (χ0) is 21.3. The number of aryl methyl sites for hydroxylation is 2. The van der Waals surface area contributed by atoms with Gasteiger partial charge in [-0.15, -0.1) is 0 Å². The summed E-state index contributed by atoms with van der Waals surface area (Å²) in [6, 6.07) is 29.8. The van der Waals surface area contributed by atoms with Gasteiger partial charge in [0.05, 0.1) is 11.0 Å². The number of hydrogen-bond donors (Lipinski definition) is 0. The lowest BCUT2D eigenvalue weighted by Crippen LogP contribution is -2.23. The van der Waals surface area contributed by atoms with Gasteiger partial charge in [-0.05, 0) is 30.0 Å². The molecule has 2 aromatic heterocycles. The minimum absolute atomic E-state index is 0.790. The van der Waals surface area contributed by atoms with E-state index < -0.39 is 0 Å². The molecule has 3 heterocycles. The Labute approximate surface area is 188 Å². The lowest BCUT2D eigenvalue weighted by Gasteiger charge is -2.25. The van der Waals surface area contributed by atoms with Crippen molar-refractivity contribution in [3.63, 3.8) is 0 Å². The molecule has 0 N–H and O–H groups in total. The molecule has 5 aromatic rings. The fraction of sp³-hybridized carbons (Fsp3) is 0.214. The van der Waals surface area contributed by atoms with E-state index in [2.05, 4.69) is 94.4 Å². The highest BCUT2D eigenvalue weighted by atomic mass is 15.2. The molecule has 0 bridgehead atoms. The van der Waals surface area contributed by atoms with E-state index in [1.165, 1.54) is 40.7 Å². The van der Waals surface area contributed by atoms with Gasteiger partial charge >= 0.3 is 0 Å². The fourth-order valence-electron chi connectivity index (χ4n) is 4.89. The van der Waals surface area contributed by atoms with Crippen LogP contribution in [0.4, 0.5) is 5.82 Å². The molecule has 0 radical (unpaired) electrons. The number of anilines is 1. The highest BCUT2D eigenvalue weighted by molar-refractivity contribution is 6.07. The van der Waals surface area contributed by atoms with E-state index in [1.54, 1.807) is 0 Å². The van der Waals surface area contributed by atoms with Crippen LogP contribution in [0.5, 0.6) is 0 Å². The van der Waals surface area contributed by atoms with E-state index in [0.717, 1.165) is 42.9 Å².